The molecule has 3 nitrogen and oxygen atoms in total. The average Bonchev–Trinajstić information content (AvgIpc) is 2.42. The maximum atomic E-state index is 6.19. The number of pyridine rings is 1. The van der Waals surface area contributed by atoms with Crippen LogP contribution in [0.4, 0.5) is 0 Å². The standard InChI is InChI=1S/C16H20ClN3/c1-18-10-14-7-5-8-15(19-14)12-20(2)11-13-6-3-4-9-16(13)17/h3-9,18H,10-12H2,1-2H3. The third kappa shape index (κ3) is 4.30. The molecule has 1 N–H and O–H groups in total. The van der Waals surface area contributed by atoms with E-state index in [2.05, 4.69) is 40.4 Å². The summed E-state index contributed by atoms with van der Waals surface area (Å²) in [6.07, 6.45) is 0. The first-order chi connectivity index (χ1) is 9.69. The number of rotatable bonds is 6. The molecule has 0 spiro atoms. The lowest BCUT2D eigenvalue weighted by molar-refractivity contribution is 0.315. The number of nitrogens with one attached hydrogen (secondary N) is 1. The van der Waals surface area contributed by atoms with Gasteiger partial charge in [0, 0.05) is 24.7 Å². The highest BCUT2D eigenvalue weighted by molar-refractivity contribution is 6.31. The Morgan fingerprint density at radius 2 is 1.80 bits per heavy atom. The number of nitrogens with zero attached hydrogens (tertiary/aromatic N) is 2. The van der Waals surface area contributed by atoms with Gasteiger partial charge >= 0.3 is 0 Å². The summed E-state index contributed by atoms with van der Waals surface area (Å²) in [5.74, 6) is 0. The molecule has 0 radical (unpaired) electrons. The van der Waals surface area contributed by atoms with Crippen LogP contribution >= 0.6 is 11.6 Å². The van der Waals surface area contributed by atoms with E-state index in [1.54, 1.807) is 0 Å². The van der Waals surface area contributed by atoms with Crippen molar-refractivity contribution >= 4 is 11.6 Å². The van der Waals surface area contributed by atoms with Crippen LogP contribution in [0.25, 0.3) is 0 Å². The predicted octanol–water partition coefficient (Wildman–Crippen LogP) is 3.09. The molecule has 4 heteroatoms. The molecule has 1 aromatic heterocycles. The zero-order valence-electron chi connectivity index (χ0n) is 11.9. The smallest absolute Gasteiger partial charge is 0.0547 e. The number of hydrogen-bond donors (Lipinski definition) is 1. The second-order valence-corrected chi connectivity index (χ2v) is 5.32. The summed E-state index contributed by atoms with van der Waals surface area (Å²) in [7, 11) is 4.01. The van der Waals surface area contributed by atoms with Gasteiger partial charge in [-0.05, 0) is 37.9 Å². The molecule has 2 aromatic rings. The molecule has 0 atom stereocenters. The summed E-state index contributed by atoms with van der Waals surface area (Å²) in [4.78, 5) is 6.84. The van der Waals surface area contributed by atoms with Gasteiger partial charge in [-0.1, -0.05) is 35.9 Å². The lowest BCUT2D eigenvalue weighted by Gasteiger charge is -2.17. The van der Waals surface area contributed by atoms with Crippen LogP contribution in [0.1, 0.15) is 17.0 Å². The average molecular weight is 290 g/mol. The molecule has 2 rings (SSSR count). The SMILES string of the molecule is CNCc1cccc(CN(C)Cc2ccccc2Cl)n1. The van der Waals surface area contributed by atoms with E-state index in [0.717, 1.165) is 41.6 Å². The van der Waals surface area contributed by atoms with Gasteiger partial charge < -0.3 is 5.32 Å². The summed E-state index contributed by atoms with van der Waals surface area (Å²) in [5, 5.41) is 3.93. The Balaban J connectivity index is 1.99. The molecule has 0 unspecified atom stereocenters. The third-order valence-electron chi connectivity index (χ3n) is 3.05. The number of benzene rings is 1. The summed E-state index contributed by atoms with van der Waals surface area (Å²) in [6, 6.07) is 14.1. The number of hydrogen-bond acceptors (Lipinski definition) is 3. The van der Waals surface area contributed by atoms with Gasteiger partial charge in [-0.3, -0.25) is 9.88 Å². The van der Waals surface area contributed by atoms with Gasteiger partial charge in [-0.2, -0.15) is 0 Å². The van der Waals surface area contributed by atoms with E-state index >= 15 is 0 Å². The zero-order chi connectivity index (χ0) is 14.4. The Morgan fingerprint density at radius 3 is 2.55 bits per heavy atom. The molecule has 0 bridgehead atoms. The topological polar surface area (TPSA) is 28.2 Å². The fraction of sp³-hybridized carbons (Fsp3) is 0.312. The maximum absolute atomic E-state index is 6.19. The van der Waals surface area contributed by atoms with Gasteiger partial charge in [0.2, 0.25) is 0 Å². The molecular formula is C16H20ClN3. The van der Waals surface area contributed by atoms with E-state index in [9.17, 15) is 0 Å². The summed E-state index contributed by atoms with van der Waals surface area (Å²) < 4.78 is 0. The van der Waals surface area contributed by atoms with E-state index in [0.29, 0.717) is 0 Å². The monoisotopic (exact) mass is 289 g/mol. The molecule has 0 fully saturated rings. The van der Waals surface area contributed by atoms with Crippen LogP contribution in [0.3, 0.4) is 0 Å². The van der Waals surface area contributed by atoms with Crippen molar-refractivity contribution in [1.82, 2.24) is 15.2 Å². The van der Waals surface area contributed by atoms with Gasteiger partial charge in [0.15, 0.2) is 0 Å². The van der Waals surface area contributed by atoms with E-state index < -0.39 is 0 Å². The van der Waals surface area contributed by atoms with Crippen molar-refractivity contribution in [1.29, 1.82) is 0 Å². The van der Waals surface area contributed by atoms with Crippen molar-refractivity contribution < 1.29 is 0 Å². The van der Waals surface area contributed by atoms with E-state index in [-0.39, 0.29) is 0 Å². The van der Waals surface area contributed by atoms with Crippen LogP contribution in [-0.4, -0.2) is 24.0 Å². The largest absolute Gasteiger partial charge is 0.314 e. The minimum absolute atomic E-state index is 0.794. The van der Waals surface area contributed by atoms with Gasteiger partial charge in [-0.25, -0.2) is 0 Å². The molecular weight excluding hydrogens is 270 g/mol. The molecule has 0 aliphatic heterocycles. The second-order valence-electron chi connectivity index (χ2n) is 4.91. The van der Waals surface area contributed by atoms with E-state index in [1.807, 2.05) is 31.3 Å². The van der Waals surface area contributed by atoms with Crippen LogP contribution in [-0.2, 0) is 19.6 Å². The molecule has 1 heterocycles. The molecule has 0 aliphatic rings. The third-order valence-corrected chi connectivity index (χ3v) is 3.42. The molecule has 106 valence electrons. The number of aromatic nitrogens is 1. The first-order valence-corrected chi connectivity index (χ1v) is 7.08. The highest BCUT2D eigenvalue weighted by Gasteiger charge is 2.06. The van der Waals surface area contributed by atoms with Crippen LogP contribution in [0.2, 0.25) is 5.02 Å². The predicted molar refractivity (Wildman–Crippen MR) is 83.6 cm³/mol. The normalized spacial score (nSPS) is 11.0. The fourth-order valence-electron chi connectivity index (χ4n) is 2.15. The highest BCUT2D eigenvalue weighted by atomic mass is 35.5. The fourth-order valence-corrected chi connectivity index (χ4v) is 2.34. The molecule has 20 heavy (non-hydrogen) atoms. The summed E-state index contributed by atoms with van der Waals surface area (Å²) in [6.45, 7) is 2.42. The maximum Gasteiger partial charge on any atom is 0.0547 e. The quantitative estimate of drug-likeness (QED) is 0.886. The van der Waals surface area contributed by atoms with Crippen molar-refractivity contribution in [2.24, 2.45) is 0 Å². The van der Waals surface area contributed by atoms with Gasteiger partial charge in [0.25, 0.3) is 0 Å². The van der Waals surface area contributed by atoms with E-state index in [4.69, 9.17) is 11.6 Å². The lowest BCUT2D eigenvalue weighted by atomic mass is 10.2. The summed E-state index contributed by atoms with van der Waals surface area (Å²) >= 11 is 6.19. The van der Waals surface area contributed by atoms with Crippen LogP contribution in [0.15, 0.2) is 42.5 Å². The van der Waals surface area contributed by atoms with Crippen molar-refractivity contribution in [2.75, 3.05) is 14.1 Å². The van der Waals surface area contributed by atoms with Crippen molar-refractivity contribution in [3.05, 3.63) is 64.4 Å². The van der Waals surface area contributed by atoms with Crippen LogP contribution < -0.4 is 5.32 Å². The van der Waals surface area contributed by atoms with Gasteiger partial charge in [0.05, 0.1) is 11.4 Å². The Morgan fingerprint density at radius 1 is 1.05 bits per heavy atom. The zero-order valence-corrected chi connectivity index (χ0v) is 12.7. The highest BCUT2D eigenvalue weighted by Crippen LogP contribution is 2.17. The molecule has 0 amide bonds. The molecule has 0 saturated heterocycles. The summed E-state index contributed by atoms with van der Waals surface area (Å²) in [5.41, 5.74) is 3.28. The molecule has 0 saturated carbocycles. The Bertz CT molecular complexity index is 557. The number of halogens is 1. The van der Waals surface area contributed by atoms with Gasteiger partial charge in [-0.15, -0.1) is 0 Å². The second kappa shape index (κ2) is 7.39. The van der Waals surface area contributed by atoms with Crippen LogP contribution in [0, 0.1) is 0 Å². The molecule has 0 aliphatic carbocycles. The van der Waals surface area contributed by atoms with E-state index in [1.165, 1.54) is 0 Å². The Kier molecular flexibility index (Phi) is 5.53. The molecule has 1 aromatic carbocycles. The minimum atomic E-state index is 0.794. The van der Waals surface area contributed by atoms with Crippen molar-refractivity contribution in [3.63, 3.8) is 0 Å². The van der Waals surface area contributed by atoms with Gasteiger partial charge in [0.1, 0.15) is 0 Å². The van der Waals surface area contributed by atoms with Crippen molar-refractivity contribution in [2.45, 2.75) is 19.6 Å². The minimum Gasteiger partial charge on any atom is -0.314 e. The lowest BCUT2D eigenvalue weighted by Crippen LogP contribution is -2.19. The Hall–Kier alpha value is -1.42. The first-order valence-electron chi connectivity index (χ1n) is 6.70. The first kappa shape index (κ1) is 15.0. The Labute approximate surface area is 125 Å². The van der Waals surface area contributed by atoms with Crippen LogP contribution in [0.5, 0.6) is 0 Å². The van der Waals surface area contributed by atoms with Crippen molar-refractivity contribution in [3.8, 4) is 0 Å².